The number of benzene rings is 6. The number of carbonyl (C=O) groups is 5. The van der Waals surface area contributed by atoms with Crippen LogP contribution in [0, 0.1) is 0 Å². The van der Waals surface area contributed by atoms with Crippen molar-refractivity contribution < 1.29 is 33.4 Å². The van der Waals surface area contributed by atoms with Crippen LogP contribution in [0.3, 0.4) is 0 Å². The van der Waals surface area contributed by atoms with E-state index < -0.39 is 0 Å². The molecule has 0 radical (unpaired) electrons. The van der Waals surface area contributed by atoms with Gasteiger partial charge < -0.3 is 46.3 Å². The fourth-order valence-electron chi connectivity index (χ4n) is 13.6. The quantitative estimate of drug-likeness (QED) is 0.0291. The molecule has 0 spiro atoms. The van der Waals surface area contributed by atoms with Crippen molar-refractivity contribution in [2.24, 2.45) is 0 Å². The summed E-state index contributed by atoms with van der Waals surface area (Å²) in [4.78, 5) is 79.8. The van der Waals surface area contributed by atoms with E-state index in [4.69, 9.17) is 42.6 Å². The van der Waals surface area contributed by atoms with Gasteiger partial charge in [-0.2, -0.15) is 10.2 Å². The molecule has 0 saturated carbocycles. The molecule has 3 aliphatic heterocycles. The Bertz CT molecular complexity index is 4730. The summed E-state index contributed by atoms with van der Waals surface area (Å²) in [6, 6.07) is 41.1. The van der Waals surface area contributed by atoms with Crippen LogP contribution in [-0.2, 0) is 68.1 Å². The number of aryl methyl sites for hydroxylation is 4. The first-order valence-electron chi connectivity index (χ1n) is 36.1. The number of aromatic nitrogens is 6. The van der Waals surface area contributed by atoms with Crippen LogP contribution in [0.2, 0.25) is 10.0 Å². The van der Waals surface area contributed by atoms with Gasteiger partial charge in [0.1, 0.15) is 6.29 Å². The van der Waals surface area contributed by atoms with Gasteiger partial charge >= 0.3 is 0 Å². The van der Waals surface area contributed by atoms with Crippen molar-refractivity contribution >= 4 is 86.6 Å². The number of fused-ring (bicyclic) bond motifs is 2. The molecule has 4 amide bonds. The molecule has 6 aromatic carbocycles. The molecule has 6 N–H and O–H groups in total. The number of rotatable bonds is 25. The van der Waals surface area contributed by atoms with Gasteiger partial charge in [0.15, 0.2) is 11.3 Å². The first-order valence-corrected chi connectivity index (χ1v) is 36.8. The summed E-state index contributed by atoms with van der Waals surface area (Å²) in [5.74, 6) is -1.14. The Kier molecular flexibility index (Phi) is 24.9. The van der Waals surface area contributed by atoms with Gasteiger partial charge in [-0.1, -0.05) is 97.7 Å². The van der Waals surface area contributed by atoms with Crippen molar-refractivity contribution in [2.75, 3.05) is 70.3 Å². The van der Waals surface area contributed by atoms with Gasteiger partial charge in [-0.3, -0.25) is 28.9 Å². The molecule has 13 rings (SSSR count). The summed E-state index contributed by atoms with van der Waals surface area (Å²) in [7, 11) is 2.17. The van der Waals surface area contributed by atoms with Crippen LogP contribution >= 0.6 is 23.2 Å². The molecular weight excluding hydrogens is 1350 g/mol. The number of hydrogen-bond donors (Lipinski definition) is 6. The highest BCUT2D eigenvalue weighted by atomic mass is 35.5. The van der Waals surface area contributed by atoms with Crippen LogP contribution in [0.1, 0.15) is 144 Å². The van der Waals surface area contributed by atoms with Crippen LogP contribution in [-0.4, -0.2) is 141 Å². The zero-order chi connectivity index (χ0) is 72.6. The predicted molar refractivity (Wildman–Crippen MR) is 410 cm³/mol. The number of carbonyl (C=O) groups excluding carboxylic acids is 5. The Labute approximate surface area is 616 Å². The zero-order valence-corrected chi connectivity index (χ0v) is 61.1. The normalized spacial score (nSPS) is 14.5. The third kappa shape index (κ3) is 18.0. The minimum absolute atomic E-state index is 0.242. The third-order valence-corrected chi connectivity index (χ3v) is 20.2. The first-order chi connectivity index (χ1) is 50.7. The number of likely N-dealkylation sites (N-methyl/N-ethyl adjacent to an activating group) is 1. The summed E-state index contributed by atoms with van der Waals surface area (Å²) in [6.45, 7) is 18.7. The summed E-state index contributed by atoms with van der Waals surface area (Å²) in [5.41, 5.74) is 15.9. The van der Waals surface area contributed by atoms with E-state index in [2.05, 4.69) is 104 Å². The van der Waals surface area contributed by atoms with Crippen LogP contribution < -0.4 is 31.9 Å². The topological polar surface area (TPSA) is 244 Å². The van der Waals surface area contributed by atoms with E-state index in [1.165, 1.54) is 5.56 Å². The molecule has 0 atom stereocenters. The third-order valence-electron chi connectivity index (χ3n) is 19.5. The van der Waals surface area contributed by atoms with Gasteiger partial charge in [0, 0.05) is 182 Å². The van der Waals surface area contributed by atoms with Crippen molar-refractivity contribution in [2.45, 2.75) is 124 Å². The molecule has 0 aliphatic carbocycles. The molecule has 540 valence electrons. The van der Waals surface area contributed by atoms with Crippen LogP contribution in [0.15, 0.2) is 146 Å². The summed E-state index contributed by atoms with van der Waals surface area (Å²) in [6.07, 6.45) is 9.47. The lowest BCUT2D eigenvalue weighted by molar-refractivity contribution is 0.0903. The number of nitrogens with zero attached hydrogens (tertiary/aromatic N) is 8. The Morgan fingerprint density at radius 2 is 0.923 bits per heavy atom. The van der Waals surface area contributed by atoms with Crippen molar-refractivity contribution in [3.63, 3.8) is 0 Å². The van der Waals surface area contributed by atoms with E-state index in [9.17, 15) is 24.0 Å². The lowest BCUT2D eigenvalue weighted by atomic mass is 10.0. The Hall–Kier alpha value is -9.87. The van der Waals surface area contributed by atoms with E-state index in [0.717, 1.165) is 154 Å². The predicted octanol–water partition coefficient (Wildman–Crippen LogP) is 13.1. The van der Waals surface area contributed by atoms with Crippen molar-refractivity contribution in [1.29, 1.82) is 0 Å². The van der Waals surface area contributed by atoms with Crippen molar-refractivity contribution in [1.82, 2.24) is 60.6 Å². The maximum absolute atomic E-state index is 13.6. The number of amides is 4. The monoisotopic (exact) mass is 1440 g/mol. The van der Waals surface area contributed by atoms with E-state index in [0.29, 0.717) is 96.8 Å². The molecule has 3 aliphatic rings. The van der Waals surface area contributed by atoms with Gasteiger partial charge in [0.25, 0.3) is 23.6 Å². The van der Waals surface area contributed by atoms with Gasteiger partial charge in [-0.25, -0.2) is 19.3 Å². The highest BCUT2D eigenvalue weighted by Gasteiger charge is 2.26. The standard InChI is InChI=1S/C43H51ClN8O3.C38H39ClN6O4/c1-4-39-36(40(48-34-14-20-55-21-15-34)37-27-47-52(5-2)41(37)49-39)26-46-43(54)33-11-7-10-32(24-33)42(53)45-25-29-12-13-38(44)35(23-29)31-9-6-8-30(22-31)28-51-18-16-50(3)17-19-51;1-3-34-31(35(43-29-13-15-49-16-14-29)32-22-42-45(4-2)36(32)44-34)21-41-38(48)28-10-6-9-27(19-28)37(47)40-20-24-11-12-33(39)30(18-24)26-8-5-7-25(17-26)23-46/h6-13,22-24,27,34H,4-5,14-21,25-26,28H2,1-3H3,(H,45,53)(H,46,54)(H,48,49);5-12,17-19,22-23,29H,3-4,13-16,20-21H2,1-2H3,(H,40,47)(H,41,48)(H,43,44). The Morgan fingerprint density at radius 1 is 0.500 bits per heavy atom. The lowest BCUT2D eigenvalue weighted by Crippen LogP contribution is -2.43. The first kappa shape index (κ1) is 73.9. The summed E-state index contributed by atoms with van der Waals surface area (Å²) in [5, 5.41) is 31.9. The SMILES string of the molecule is CCc1nc2c(cnn2CC)c(NC2CCOCC2)c1CNC(=O)c1cccc(C(=O)NCc2ccc(Cl)c(-c3cccc(C=O)c3)c2)c1.CCc1nc2c(cnn2CC)c(NC2CCOCC2)c1CNC(=O)c1cccc(C(=O)NCc2ccc(Cl)c(-c3cccc(CN4CCN(C)CC4)c3)c2)c1. The molecule has 104 heavy (non-hydrogen) atoms. The number of hydrogen-bond acceptors (Lipinski definition) is 15. The van der Waals surface area contributed by atoms with Gasteiger partial charge in [0.05, 0.1) is 34.5 Å². The molecule has 4 aromatic heterocycles. The fraction of sp³-hybridized carbons (Fsp3) is 0.346. The van der Waals surface area contributed by atoms with E-state index in [1.807, 2.05) is 65.1 Å². The largest absolute Gasteiger partial charge is 0.381 e. The molecule has 3 saturated heterocycles. The number of aldehydes is 1. The van der Waals surface area contributed by atoms with E-state index in [1.54, 1.807) is 72.8 Å². The maximum Gasteiger partial charge on any atom is 0.251 e. The second-order valence-electron chi connectivity index (χ2n) is 26.5. The molecule has 21 nitrogen and oxygen atoms in total. The second-order valence-corrected chi connectivity index (χ2v) is 27.3. The maximum atomic E-state index is 13.6. The molecular formula is C81H90Cl2N14O7. The average Bonchev–Trinajstić information content (AvgIpc) is 1.55. The van der Waals surface area contributed by atoms with Crippen molar-refractivity contribution in [3.05, 3.63) is 223 Å². The minimum Gasteiger partial charge on any atom is -0.381 e. The molecule has 23 heteroatoms. The van der Waals surface area contributed by atoms with Crippen LogP contribution in [0.4, 0.5) is 11.4 Å². The highest BCUT2D eigenvalue weighted by Crippen LogP contribution is 2.35. The van der Waals surface area contributed by atoms with Crippen LogP contribution in [0.25, 0.3) is 44.3 Å². The number of anilines is 2. The zero-order valence-electron chi connectivity index (χ0n) is 59.6. The smallest absolute Gasteiger partial charge is 0.251 e. The van der Waals surface area contributed by atoms with Gasteiger partial charge in [0.2, 0.25) is 0 Å². The van der Waals surface area contributed by atoms with E-state index in [-0.39, 0.29) is 55.3 Å². The van der Waals surface area contributed by atoms with Crippen LogP contribution in [0.5, 0.6) is 0 Å². The van der Waals surface area contributed by atoms with Gasteiger partial charge in [-0.05, 0) is 160 Å². The number of piperazine rings is 1. The Balaban J connectivity index is 0.000000197. The molecule has 0 bridgehead atoms. The number of halogens is 2. The highest BCUT2D eigenvalue weighted by molar-refractivity contribution is 6.33. The van der Waals surface area contributed by atoms with Gasteiger partial charge in [-0.15, -0.1) is 0 Å². The molecule has 3 fully saturated rings. The molecule has 7 heterocycles. The minimum atomic E-state index is -0.312. The second kappa shape index (κ2) is 35.1. The Morgan fingerprint density at radius 3 is 1.36 bits per heavy atom. The number of nitrogens with one attached hydrogen (secondary N) is 6. The molecule has 0 unspecified atom stereocenters. The summed E-state index contributed by atoms with van der Waals surface area (Å²) >= 11 is 13.2. The summed E-state index contributed by atoms with van der Waals surface area (Å²) < 4.78 is 15.0. The molecule has 10 aromatic rings. The lowest BCUT2D eigenvalue weighted by Gasteiger charge is -2.32. The number of ether oxygens (including phenoxy) is 2. The van der Waals surface area contributed by atoms with Crippen molar-refractivity contribution in [3.8, 4) is 22.3 Å². The fourth-order valence-corrected chi connectivity index (χ4v) is 14.1. The number of pyridine rings is 2. The average molecular weight is 1440 g/mol. The van der Waals surface area contributed by atoms with E-state index >= 15 is 0 Å².